The lowest BCUT2D eigenvalue weighted by atomic mass is 10.2. The van der Waals surface area contributed by atoms with Crippen molar-refractivity contribution in [3.05, 3.63) is 72.4 Å². The smallest absolute Gasteiger partial charge is 0.331 e. The van der Waals surface area contributed by atoms with Crippen LogP contribution in [-0.2, 0) is 16.1 Å². The lowest BCUT2D eigenvalue weighted by molar-refractivity contribution is -0.139. The molecule has 0 unspecified atom stereocenters. The number of benzene rings is 2. The summed E-state index contributed by atoms with van der Waals surface area (Å²) in [6, 6.07) is 14.9. The van der Waals surface area contributed by atoms with Gasteiger partial charge >= 0.3 is 5.97 Å². The number of hydrogen-bond acceptors (Lipinski definition) is 8. The van der Waals surface area contributed by atoms with E-state index in [0.29, 0.717) is 29.4 Å². The van der Waals surface area contributed by atoms with Crippen molar-refractivity contribution in [3.8, 4) is 17.1 Å². The molecular weight excluding hydrogens is 384 g/mol. The summed E-state index contributed by atoms with van der Waals surface area (Å²) in [5.41, 5.74) is 2.79. The Kier molecular flexibility index (Phi) is 5.75. The summed E-state index contributed by atoms with van der Waals surface area (Å²) < 4.78 is 15.9. The van der Waals surface area contributed by atoms with Crippen LogP contribution in [-0.4, -0.2) is 32.7 Å². The highest BCUT2D eigenvalue weighted by molar-refractivity contribution is 5.87. The number of fused-ring (bicyclic) bond motifs is 1. The van der Waals surface area contributed by atoms with E-state index in [1.807, 2.05) is 55.5 Å². The second-order valence-corrected chi connectivity index (χ2v) is 6.17. The second-order valence-electron chi connectivity index (χ2n) is 6.17. The minimum atomic E-state index is -0.556. The van der Waals surface area contributed by atoms with E-state index in [-0.39, 0.29) is 12.5 Å². The van der Waals surface area contributed by atoms with Crippen molar-refractivity contribution in [2.45, 2.75) is 13.5 Å². The van der Waals surface area contributed by atoms with Gasteiger partial charge in [0.2, 0.25) is 5.82 Å². The summed E-state index contributed by atoms with van der Waals surface area (Å²) in [5, 5.41) is 3.94. The first-order valence-electron chi connectivity index (χ1n) is 9.34. The van der Waals surface area contributed by atoms with Crippen molar-refractivity contribution >= 4 is 23.1 Å². The van der Waals surface area contributed by atoms with Gasteiger partial charge in [-0.3, -0.25) is 4.98 Å². The molecule has 4 rings (SSSR count). The molecule has 0 N–H and O–H groups in total. The second kappa shape index (κ2) is 8.95. The van der Waals surface area contributed by atoms with Gasteiger partial charge in [-0.25, -0.2) is 9.78 Å². The van der Waals surface area contributed by atoms with Crippen LogP contribution in [0.25, 0.3) is 28.5 Å². The lowest BCUT2D eigenvalue weighted by Gasteiger charge is -2.05. The molecule has 0 aliphatic heterocycles. The average Bonchev–Trinajstić information content (AvgIpc) is 3.25. The van der Waals surface area contributed by atoms with E-state index in [4.69, 9.17) is 14.0 Å². The molecule has 0 aliphatic carbocycles. The predicted octanol–water partition coefficient (Wildman–Crippen LogP) is 3.84. The van der Waals surface area contributed by atoms with Gasteiger partial charge < -0.3 is 14.0 Å². The van der Waals surface area contributed by atoms with E-state index in [9.17, 15) is 4.79 Å². The Hall–Kier alpha value is -4.07. The van der Waals surface area contributed by atoms with Gasteiger partial charge in [0.1, 0.15) is 5.75 Å². The van der Waals surface area contributed by atoms with E-state index in [2.05, 4.69) is 20.1 Å². The zero-order valence-corrected chi connectivity index (χ0v) is 16.2. The van der Waals surface area contributed by atoms with Gasteiger partial charge in [-0.15, -0.1) is 0 Å². The van der Waals surface area contributed by atoms with Gasteiger partial charge in [0.15, 0.2) is 6.61 Å². The summed E-state index contributed by atoms with van der Waals surface area (Å²) >= 11 is 0. The first-order chi connectivity index (χ1) is 14.7. The van der Waals surface area contributed by atoms with Crippen LogP contribution in [0.3, 0.4) is 0 Å². The number of aromatic nitrogens is 4. The summed E-state index contributed by atoms with van der Waals surface area (Å²) in [4.78, 5) is 25.0. The van der Waals surface area contributed by atoms with Crippen LogP contribution < -0.4 is 4.74 Å². The van der Waals surface area contributed by atoms with Gasteiger partial charge in [0.05, 0.1) is 35.1 Å². The van der Waals surface area contributed by atoms with Gasteiger partial charge in [-0.1, -0.05) is 29.4 Å². The molecule has 0 saturated heterocycles. The summed E-state index contributed by atoms with van der Waals surface area (Å²) in [7, 11) is 0. The maximum absolute atomic E-state index is 12.0. The molecule has 0 atom stereocenters. The fraction of sp³-hybridized carbons (Fsp3) is 0.136. The van der Waals surface area contributed by atoms with E-state index < -0.39 is 5.97 Å². The van der Waals surface area contributed by atoms with Crippen molar-refractivity contribution in [2.75, 3.05) is 6.61 Å². The Morgan fingerprint density at radius 1 is 1.07 bits per heavy atom. The monoisotopic (exact) mass is 402 g/mol. The zero-order valence-electron chi connectivity index (χ0n) is 16.2. The molecule has 0 aliphatic rings. The Labute approximate surface area is 172 Å². The molecule has 30 heavy (non-hydrogen) atoms. The number of para-hydroxylation sites is 3. The maximum atomic E-state index is 12.0. The third kappa shape index (κ3) is 4.49. The van der Waals surface area contributed by atoms with Gasteiger partial charge in [0.25, 0.3) is 5.89 Å². The standard InChI is InChI=1S/C22H18N4O4/c1-2-28-19-10-6-3-7-16(19)22-25-20(30-26-22)14-29-21(27)12-11-15-13-23-17-8-4-5-9-18(17)24-15/h3-13H,2,14H2,1H3/b12-11+. The Bertz CT molecular complexity index is 1200. The fourth-order valence-electron chi connectivity index (χ4n) is 2.74. The van der Waals surface area contributed by atoms with Crippen LogP contribution in [0.5, 0.6) is 5.75 Å². The number of carbonyl (C=O) groups excluding carboxylic acids is 1. The summed E-state index contributed by atoms with van der Waals surface area (Å²) in [6.07, 6.45) is 4.41. The summed E-state index contributed by atoms with van der Waals surface area (Å²) in [5.74, 6) is 0.652. The van der Waals surface area contributed by atoms with Crippen molar-refractivity contribution in [2.24, 2.45) is 0 Å². The fourth-order valence-corrected chi connectivity index (χ4v) is 2.74. The molecule has 0 spiro atoms. The average molecular weight is 402 g/mol. The molecule has 4 aromatic rings. The minimum Gasteiger partial charge on any atom is -0.493 e. The van der Waals surface area contributed by atoms with E-state index >= 15 is 0 Å². The van der Waals surface area contributed by atoms with Crippen LogP contribution in [0.2, 0.25) is 0 Å². The van der Waals surface area contributed by atoms with Gasteiger partial charge in [0, 0.05) is 6.08 Å². The quantitative estimate of drug-likeness (QED) is 0.340. The molecule has 150 valence electrons. The molecule has 0 amide bonds. The van der Waals surface area contributed by atoms with Crippen molar-refractivity contribution < 1.29 is 18.8 Å². The molecule has 0 radical (unpaired) electrons. The number of rotatable bonds is 7. The van der Waals surface area contributed by atoms with Crippen molar-refractivity contribution in [1.82, 2.24) is 20.1 Å². The Balaban J connectivity index is 1.38. The first-order valence-corrected chi connectivity index (χ1v) is 9.34. The Morgan fingerprint density at radius 2 is 1.87 bits per heavy atom. The molecule has 2 aromatic heterocycles. The third-order valence-electron chi connectivity index (χ3n) is 4.09. The number of carbonyl (C=O) groups is 1. The molecule has 8 heteroatoms. The van der Waals surface area contributed by atoms with Gasteiger partial charge in [-0.2, -0.15) is 4.98 Å². The number of esters is 1. The third-order valence-corrected chi connectivity index (χ3v) is 4.09. The predicted molar refractivity (Wildman–Crippen MR) is 109 cm³/mol. The van der Waals surface area contributed by atoms with Crippen molar-refractivity contribution in [3.63, 3.8) is 0 Å². The highest BCUT2D eigenvalue weighted by atomic mass is 16.6. The highest BCUT2D eigenvalue weighted by Gasteiger charge is 2.14. The van der Waals surface area contributed by atoms with Crippen LogP contribution >= 0.6 is 0 Å². The largest absolute Gasteiger partial charge is 0.493 e. The molecule has 0 bridgehead atoms. The van der Waals surface area contributed by atoms with E-state index in [1.165, 1.54) is 6.08 Å². The normalized spacial score (nSPS) is 11.1. The Morgan fingerprint density at radius 3 is 2.73 bits per heavy atom. The van der Waals surface area contributed by atoms with E-state index in [0.717, 1.165) is 11.0 Å². The molecule has 8 nitrogen and oxygen atoms in total. The molecule has 2 heterocycles. The van der Waals surface area contributed by atoms with Crippen LogP contribution in [0.1, 0.15) is 18.5 Å². The van der Waals surface area contributed by atoms with Crippen molar-refractivity contribution in [1.29, 1.82) is 0 Å². The lowest BCUT2D eigenvalue weighted by Crippen LogP contribution is -2.01. The van der Waals surface area contributed by atoms with Crippen LogP contribution in [0, 0.1) is 0 Å². The SMILES string of the molecule is CCOc1ccccc1-c1noc(COC(=O)/C=C/c2cnc3ccccc3n2)n1. The highest BCUT2D eigenvalue weighted by Crippen LogP contribution is 2.27. The number of nitrogens with zero attached hydrogens (tertiary/aromatic N) is 4. The summed E-state index contributed by atoms with van der Waals surface area (Å²) in [6.45, 7) is 2.28. The maximum Gasteiger partial charge on any atom is 0.331 e. The van der Waals surface area contributed by atoms with E-state index in [1.54, 1.807) is 12.3 Å². The van der Waals surface area contributed by atoms with Gasteiger partial charge in [-0.05, 0) is 37.3 Å². The minimum absolute atomic E-state index is 0.142. The molecule has 0 saturated carbocycles. The van der Waals surface area contributed by atoms with Crippen LogP contribution in [0.15, 0.2) is 65.3 Å². The topological polar surface area (TPSA) is 100 Å². The first kappa shape index (κ1) is 19.3. The number of hydrogen-bond donors (Lipinski definition) is 0. The molecule has 2 aromatic carbocycles. The zero-order chi connectivity index (χ0) is 20.8. The number of ether oxygens (including phenoxy) is 2. The van der Waals surface area contributed by atoms with Crippen LogP contribution in [0.4, 0.5) is 0 Å². The molecular formula is C22H18N4O4. The molecule has 0 fully saturated rings.